The second kappa shape index (κ2) is 59.2. The van der Waals surface area contributed by atoms with Crippen LogP contribution in [0.15, 0.2) is 85.1 Å². The van der Waals surface area contributed by atoms with E-state index in [0.717, 1.165) is 122 Å². The van der Waals surface area contributed by atoms with Gasteiger partial charge in [-0.05, 0) is 96.3 Å². The smallest absolute Gasteiger partial charge is 0.306 e. The highest BCUT2D eigenvalue weighted by molar-refractivity contribution is 5.71. The monoisotopic (exact) mass is 989 g/mol. The van der Waals surface area contributed by atoms with Gasteiger partial charge in [0.1, 0.15) is 13.2 Å². The maximum absolute atomic E-state index is 12.9. The zero-order chi connectivity index (χ0) is 51.4. The average Bonchev–Trinajstić information content (AvgIpc) is 3.37. The maximum atomic E-state index is 12.9. The molecule has 0 rings (SSSR count). The highest BCUT2D eigenvalue weighted by Gasteiger charge is 2.19. The van der Waals surface area contributed by atoms with Gasteiger partial charge in [0, 0.05) is 19.3 Å². The van der Waals surface area contributed by atoms with Gasteiger partial charge in [0.25, 0.3) is 0 Å². The number of esters is 3. The highest BCUT2D eigenvalue weighted by Crippen LogP contribution is 2.16. The Morgan fingerprint density at radius 1 is 0.296 bits per heavy atom. The van der Waals surface area contributed by atoms with E-state index < -0.39 is 6.10 Å². The summed E-state index contributed by atoms with van der Waals surface area (Å²) in [6.07, 6.45) is 77.1. The lowest BCUT2D eigenvalue weighted by Crippen LogP contribution is -2.30. The second-order valence-corrected chi connectivity index (χ2v) is 19.9. The summed E-state index contributed by atoms with van der Waals surface area (Å²) < 4.78 is 16.9. The van der Waals surface area contributed by atoms with Gasteiger partial charge < -0.3 is 14.2 Å². The third kappa shape index (κ3) is 57.4. The van der Waals surface area contributed by atoms with Gasteiger partial charge in [-0.1, -0.05) is 260 Å². The van der Waals surface area contributed by atoms with Gasteiger partial charge in [-0.15, -0.1) is 0 Å². The molecule has 0 radical (unpaired) electrons. The first kappa shape index (κ1) is 67.6. The first-order chi connectivity index (χ1) is 35.0. The van der Waals surface area contributed by atoms with E-state index in [2.05, 4.69) is 106 Å². The number of allylic oxidation sites excluding steroid dienone is 14. The SMILES string of the molecule is CC/C=C\C/C=C\C/C=C\C/C=C\C/C=C\CCCCCCCCCC(=O)OCC(COC(=O)CCCCCCCCCCCCCCCCC)OC(=O)CCCCCCC/C=C\C/C=C\CCCCC. The molecule has 0 aliphatic carbocycles. The van der Waals surface area contributed by atoms with Crippen molar-refractivity contribution in [2.24, 2.45) is 0 Å². The Hall–Kier alpha value is -3.41. The molecule has 0 aromatic heterocycles. The summed E-state index contributed by atoms with van der Waals surface area (Å²) in [4.78, 5) is 38.2. The fourth-order valence-corrected chi connectivity index (χ4v) is 8.38. The van der Waals surface area contributed by atoms with Gasteiger partial charge >= 0.3 is 17.9 Å². The van der Waals surface area contributed by atoms with Crippen molar-refractivity contribution in [3.05, 3.63) is 85.1 Å². The minimum Gasteiger partial charge on any atom is -0.462 e. The molecule has 0 spiro atoms. The molecule has 0 bridgehead atoms. The molecule has 0 amide bonds. The Kier molecular flexibility index (Phi) is 56.3. The molecular formula is C65H112O6. The van der Waals surface area contributed by atoms with Gasteiger partial charge in [-0.3, -0.25) is 14.4 Å². The molecule has 6 heteroatoms. The average molecular weight is 990 g/mol. The van der Waals surface area contributed by atoms with E-state index in [1.54, 1.807) is 0 Å². The predicted molar refractivity (Wildman–Crippen MR) is 307 cm³/mol. The van der Waals surface area contributed by atoms with E-state index >= 15 is 0 Å². The Labute approximate surface area is 439 Å². The first-order valence-corrected chi connectivity index (χ1v) is 30.1. The Morgan fingerprint density at radius 2 is 0.549 bits per heavy atom. The molecule has 0 saturated heterocycles. The van der Waals surface area contributed by atoms with E-state index in [-0.39, 0.29) is 31.1 Å². The van der Waals surface area contributed by atoms with E-state index in [1.165, 1.54) is 128 Å². The molecule has 0 aromatic carbocycles. The van der Waals surface area contributed by atoms with Crippen molar-refractivity contribution in [1.82, 2.24) is 0 Å². The van der Waals surface area contributed by atoms with Crippen LogP contribution in [0.4, 0.5) is 0 Å². The lowest BCUT2D eigenvalue weighted by Gasteiger charge is -2.18. The molecule has 0 saturated carbocycles. The largest absolute Gasteiger partial charge is 0.462 e. The molecule has 0 aromatic rings. The summed E-state index contributed by atoms with van der Waals surface area (Å²) in [5.74, 6) is -0.899. The van der Waals surface area contributed by atoms with Crippen molar-refractivity contribution < 1.29 is 28.6 Å². The molecule has 0 aliphatic rings. The molecule has 71 heavy (non-hydrogen) atoms. The third-order valence-electron chi connectivity index (χ3n) is 12.9. The number of hydrogen-bond acceptors (Lipinski definition) is 6. The summed E-state index contributed by atoms with van der Waals surface area (Å²) >= 11 is 0. The molecule has 0 N–H and O–H groups in total. The molecular weight excluding hydrogens is 877 g/mol. The summed E-state index contributed by atoms with van der Waals surface area (Å²) in [5, 5.41) is 0. The molecule has 1 unspecified atom stereocenters. The number of rotatable bonds is 54. The van der Waals surface area contributed by atoms with Crippen LogP contribution in [-0.2, 0) is 28.6 Å². The zero-order valence-corrected chi connectivity index (χ0v) is 46.7. The van der Waals surface area contributed by atoms with Crippen LogP contribution in [-0.4, -0.2) is 37.2 Å². The molecule has 1 atom stereocenters. The lowest BCUT2D eigenvalue weighted by atomic mass is 10.0. The van der Waals surface area contributed by atoms with Crippen LogP contribution in [0.5, 0.6) is 0 Å². The highest BCUT2D eigenvalue weighted by atomic mass is 16.6. The van der Waals surface area contributed by atoms with E-state index in [9.17, 15) is 14.4 Å². The number of hydrogen-bond donors (Lipinski definition) is 0. The summed E-state index contributed by atoms with van der Waals surface area (Å²) in [7, 11) is 0. The Balaban J connectivity index is 4.38. The van der Waals surface area contributed by atoms with Crippen molar-refractivity contribution in [1.29, 1.82) is 0 Å². The van der Waals surface area contributed by atoms with Gasteiger partial charge in [0.05, 0.1) is 0 Å². The van der Waals surface area contributed by atoms with E-state index in [1.807, 2.05) is 0 Å². The van der Waals surface area contributed by atoms with Crippen LogP contribution in [0.1, 0.15) is 290 Å². The standard InChI is InChI=1S/C65H112O6/c1-4-7-10-13-16-19-22-25-28-29-30-31-32-33-34-35-38-40-43-46-49-52-55-58-64(67)70-61-62(71-65(68)59-56-53-50-47-44-41-37-27-24-21-18-15-12-9-6-3)60-69-63(66)57-54-51-48-45-42-39-36-26-23-20-17-14-11-8-5-2/h7,10,16,18-19,21,25,27-28,30-31,33-34,37,62H,4-6,8-9,11-15,17,20,22-24,26,29,32,35-36,38-61H2,1-3H3/b10-7-,19-16-,21-18-,28-25-,31-30-,34-33-,37-27-. The van der Waals surface area contributed by atoms with E-state index in [4.69, 9.17) is 14.2 Å². The summed E-state index contributed by atoms with van der Waals surface area (Å²) in [6.45, 7) is 6.50. The van der Waals surface area contributed by atoms with Crippen LogP contribution in [0.25, 0.3) is 0 Å². The van der Waals surface area contributed by atoms with Crippen LogP contribution in [0, 0.1) is 0 Å². The van der Waals surface area contributed by atoms with Gasteiger partial charge in [-0.2, -0.15) is 0 Å². The topological polar surface area (TPSA) is 78.9 Å². The van der Waals surface area contributed by atoms with Gasteiger partial charge in [0.15, 0.2) is 6.10 Å². The minimum absolute atomic E-state index is 0.0835. The number of ether oxygens (including phenoxy) is 3. The van der Waals surface area contributed by atoms with Crippen LogP contribution >= 0.6 is 0 Å². The van der Waals surface area contributed by atoms with E-state index in [0.29, 0.717) is 19.3 Å². The Bertz CT molecular complexity index is 1370. The normalized spacial score (nSPS) is 12.7. The number of carbonyl (C=O) groups excluding carboxylic acids is 3. The van der Waals surface area contributed by atoms with Crippen molar-refractivity contribution >= 4 is 17.9 Å². The third-order valence-corrected chi connectivity index (χ3v) is 12.9. The van der Waals surface area contributed by atoms with Gasteiger partial charge in [0.2, 0.25) is 0 Å². The molecule has 0 aliphatic heterocycles. The number of carbonyl (C=O) groups is 3. The molecule has 6 nitrogen and oxygen atoms in total. The molecule has 408 valence electrons. The summed E-state index contributed by atoms with van der Waals surface area (Å²) in [6, 6.07) is 0. The fourth-order valence-electron chi connectivity index (χ4n) is 8.38. The minimum atomic E-state index is -0.788. The zero-order valence-electron chi connectivity index (χ0n) is 46.7. The van der Waals surface area contributed by atoms with Crippen molar-refractivity contribution in [3.63, 3.8) is 0 Å². The quantitative estimate of drug-likeness (QED) is 0.0261. The Morgan fingerprint density at radius 3 is 0.887 bits per heavy atom. The molecule has 0 fully saturated rings. The molecule has 0 heterocycles. The fraction of sp³-hybridized carbons (Fsp3) is 0.738. The number of unbranched alkanes of at least 4 members (excludes halogenated alkanes) is 29. The van der Waals surface area contributed by atoms with Crippen LogP contribution in [0.2, 0.25) is 0 Å². The van der Waals surface area contributed by atoms with Crippen molar-refractivity contribution in [2.75, 3.05) is 13.2 Å². The van der Waals surface area contributed by atoms with Crippen LogP contribution in [0.3, 0.4) is 0 Å². The summed E-state index contributed by atoms with van der Waals surface area (Å²) in [5.41, 5.74) is 0. The van der Waals surface area contributed by atoms with Crippen molar-refractivity contribution in [3.8, 4) is 0 Å². The maximum Gasteiger partial charge on any atom is 0.306 e. The van der Waals surface area contributed by atoms with Crippen molar-refractivity contribution in [2.45, 2.75) is 297 Å². The van der Waals surface area contributed by atoms with Gasteiger partial charge in [-0.25, -0.2) is 0 Å². The lowest BCUT2D eigenvalue weighted by molar-refractivity contribution is -0.167. The second-order valence-electron chi connectivity index (χ2n) is 19.9. The predicted octanol–water partition coefficient (Wildman–Crippen LogP) is 20.3. The first-order valence-electron chi connectivity index (χ1n) is 30.1. The van der Waals surface area contributed by atoms with Crippen LogP contribution < -0.4 is 0 Å².